The van der Waals surface area contributed by atoms with Crippen LogP contribution in [0.2, 0.25) is 0 Å². The van der Waals surface area contributed by atoms with Crippen molar-refractivity contribution in [2.45, 2.75) is 25.0 Å². The minimum atomic E-state index is -0.571. The van der Waals surface area contributed by atoms with Gasteiger partial charge in [0.25, 0.3) is 0 Å². The number of ether oxygens (including phenoxy) is 2. The summed E-state index contributed by atoms with van der Waals surface area (Å²) >= 11 is 1.26. The number of amidine groups is 1. The van der Waals surface area contributed by atoms with Crippen molar-refractivity contribution in [1.29, 1.82) is 0 Å². The quantitative estimate of drug-likeness (QED) is 0.720. The topological polar surface area (TPSA) is 80.2 Å². The highest BCUT2D eigenvalue weighted by atomic mass is 32.2. The number of amides is 2. The van der Waals surface area contributed by atoms with Gasteiger partial charge in [-0.3, -0.25) is 14.5 Å². The molecule has 0 aliphatic carbocycles. The summed E-state index contributed by atoms with van der Waals surface area (Å²) < 4.78 is 10.9. The molecule has 1 atom stereocenters. The maximum absolute atomic E-state index is 12.8. The van der Waals surface area contributed by atoms with Crippen LogP contribution in [0.3, 0.4) is 0 Å². The lowest BCUT2D eigenvalue weighted by atomic mass is 10.2. The number of benzene rings is 2. The SMILES string of the molecule is CCCOc1ccc(NC(=O)[C@H]2CC(=O)N(C)C(=Nc3ccccc3OC)S2)cc1. The molecule has 0 bridgehead atoms. The summed E-state index contributed by atoms with van der Waals surface area (Å²) in [7, 11) is 3.23. The number of rotatable bonds is 7. The van der Waals surface area contributed by atoms with Gasteiger partial charge in [-0.15, -0.1) is 0 Å². The molecule has 1 heterocycles. The van der Waals surface area contributed by atoms with E-state index in [2.05, 4.69) is 10.3 Å². The number of aliphatic imine (C=N–C) groups is 1. The summed E-state index contributed by atoms with van der Waals surface area (Å²) in [6, 6.07) is 14.5. The number of methoxy groups -OCH3 is 1. The molecule has 0 unspecified atom stereocenters. The number of nitrogens with one attached hydrogen (secondary N) is 1. The fourth-order valence-electron chi connectivity index (χ4n) is 2.80. The highest BCUT2D eigenvalue weighted by molar-refractivity contribution is 8.15. The lowest BCUT2D eigenvalue weighted by Gasteiger charge is -2.29. The van der Waals surface area contributed by atoms with Crippen LogP contribution in [-0.2, 0) is 9.59 Å². The van der Waals surface area contributed by atoms with Crippen LogP contribution in [0.5, 0.6) is 11.5 Å². The molecule has 0 aromatic heterocycles. The minimum Gasteiger partial charge on any atom is -0.494 e. The van der Waals surface area contributed by atoms with Crippen LogP contribution in [0.1, 0.15) is 19.8 Å². The Bertz CT molecular complexity index is 930. The Labute approximate surface area is 180 Å². The van der Waals surface area contributed by atoms with Crippen molar-refractivity contribution in [2.75, 3.05) is 26.1 Å². The molecule has 158 valence electrons. The number of hydrogen-bond donors (Lipinski definition) is 1. The van der Waals surface area contributed by atoms with E-state index in [0.29, 0.717) is 28.9 Å². The summed E-state index contributed by atoms with van der Waals surface area (Å²) in [5.41, 5.74) is 1.25. The van der Waals surface area contributed by atoms with Gasteiger partial charge in [-0.2, -0.15) is 0 Å². The zero-order valence-corrected chi connectivity index (χ0v) is 18.1. The molecule has 1 aliphatic heterocycles. The largest absolute Gasteiger partial charge is 0.494 e. The Kier molecular flexibility index (Phi) is 7.35. The second-order valence-electron chi connectivity index (χ2n) is 6.69. The van der Waals surface area contributed by atoms with Crippen molar-refractivity contribution in [2.24, 2.45) is 4.99 Å². The zero-order valence-electron chi connectivity index (χ0n) is 17.3. The van der Waals surface area contributed by atoms with Crippen LogP contribution in [0.25, 0.3) is 0 Å². The molecule has 1 N–H and O–H groups in total. The average Bonchev–Trinajstić information content (AvgIpc) is 2.76. The van der Waals surface area contributed by atoms with Crippen LogP contribution >= 0.6 is 11.8 Å². The Hall–Kier alpha value is -3.00. The lowest BCUT2D eigenvalue weighted by Crippen LogP contribution is -2.43. The van der Waals surface area contributed by atoms with Gasteiger partial charge in [-0.1, -0.05) is 30.8 Å². The van der Waals surface area contributed by atoms with Crippen LogP contribution in [-0.4, -0.2) is 47.9 Å². The summed E-state index contributed by atoms with van der Waals surface area (Å²) in [6.45, 7) is 2.69. The van der Waals surface area contributed by atoms with E-state index in [9.17, 15) is 9.59 Å². The van der Waals surface area contributed by atoms with Crippen LogP contribution in [0.15, 0.2) is 53.5 Å². The van der Waals surface area contributed by atoms with E-state index in [1.807, 2.05) is 31.2 Å². The van der Waals surface area contributed by atoms with Gasteiger partial charge in [0.1, 0.15) is 22.4 Å². The second kappa shape index (κ2) is 10.2. The fraction of sp³-hybridized carbons (Fsp3) is 0.318. The van der Waals surface area contributed by atoms with Gasteiger partial charge < -0.3 is 14.8 Å². The zero-order chi connectivity index (χ0) is 21.5. The number of anilines is 1. The molecule has 0 saturated carbocycles. The standard InChI is InChI=1S/C22H25N3O4S/c1-4-13-29-16-11-9-15(10-12-16)23-21(27)19-14-20(26)25(2)22(30-19)24-17-7-5-6-8-18(17)28-3/h5-12,19H,4,13-14H2,1-3H3,(H,23,27)/t19-/m1/s1. The molecule has 0 spiro atoms. The predicted molar refractivity (Wildman–Crippen MR) is 120 cm³/mol. The Morgan fingerprint density at radius 2 is 1.97 bits per heavy atom. The molecule has 2 aromatic rings. The van der Waals surface area contributed by atoms with E-state index in [0.717, 1.165) is 12.2 Å². The molecule has 0 radical (unpaired) electrons. The third-order valence-corrected chi connectivity index (χ3v) is 5.70. The summed E-state index contributed by atoms with van der Waals surface area (Å²) in [5.74, 6) is 0.954. The summed E-state index contributed by atoms with van der Waals surface area (Å²) in [5, 5.41) is 2.76. The smallest absolute Gasteiger partial charge is 0.238 e. The first-order valence-corrected chi connectivity index (χ1v) is 10.6. The molecule has 8 heteroatoms. The van der Waals surface area contributed by atoms with E-state index < -0.39 is 5.25 Å². The maximum Gasteiger partial charge on any atom is 0.238 e. The maximum atomic E-state index is 12.8. The van der Waals surface area contributed by atoms with Gasteiger partial charge in [0.2, 0.25) is 11.8 Å². The van der Waals surface area contributed by atoms with E-state index in [1.165, 1.54) is 16.7 Å². The molecule has 1 saturated heterocycles. The van der Waals surface area contributed by atoms with E-state index >= 15 is 0 Å². The Balaban J connectivity index is 1.72. The van der Waals surface area contributed by atoms with Gasteiger partial charge in [0.15, 0.2) is 5.17 Å². The van der Waals surface area contributed by atoms with Gasteiger partial charge in [0, 0.05) is 19.2 Å². The first-order valence-electron chi connectivity index (χ1n) is 9.70. The van der Waals surface area contributed by atoms with Crippen molar-refractivity contribution in [3.05, 3.63) is 48.5 Å². The molecule has 1 fully saturated rings. The van der Waals surface area contributed by atoms with Crippen molar-refractivity contribution in [3.63, 3.8) is 0 Å². The molecule has 2 aromatic carbocycles. The van der Waals surface area contributed by atoms with Crippen LogP contribution in [0, 0.1) is 0 Å². The Morgan fingerprint density at radius 1 is 1.23 bits per heavy atom. The molecule has 7 nitrogen and oxygen atoms in total. The number of carbonyl (C=O) groups is 2. The van der Waals surface area contributed by atoms with Crippen molar-refractivity contribution >= 4 is 40.1 Å². The fourth-order valence-corrected chi connectivity index (χ4v) is 3.86. The summed E-state index contributed by atoms with van der Waals surface area (Å²) in [6.07, 6.45) is 1.04. The minimum absolute atomic E-state index is 0.107. The van der Waals surface area contributed by atoms with Gasteiger partial charge in [-0.25, -0.2) is 4.99 Å². The lowest BCUT2D eigenvalue weighted by molar-refractivity contribution is -0.128. The molecular weight excluding hydrogens is 402 g/mol. The molecular formula is C22H25N3O4S. The van der Waals surface area contributed by atoms with E-state index in [-0.39, 0.29) is 18.2 Å². The van der Waals surface area contributed by atoms with Crippen LogP contribution < -0.4 is 14.8 Å². The van der Waals surface area contributed by atoms with E-state index in [4.69, 9.17) is 9.47 Å². The molecule has 1 aliphatic rings. The number of para-hydroxylation sites is 2. The number of hydrogen-bond acceptors (Lipinski definition) is 6. The van der Waals surface area contributed by atoms with Gasteiger partial charge in [-0.05, 0) is 42.8 Å². The third kappa shape index (κ3) is 5.33. The predicted octanol–water partition coefficient (Wildman–Crippen LogP) is 4.07. The average molecular weight is 428 g/mol. The van der Waals surface area contributed by atoms with Crippen molar-refractivity contribution in [1.82, 2.24) is 4.90 Å². The first-order chi connectivity index (χ1) is 14.5. The van der Waals surface area contributed by atoms with Crippen molar-refractivity contribution < 1.29 is 19.1 Å². The normalized spacial score (nSPS) is 17.7. The Morgan fingerprint density at radius 3 is 2.67 bits per heavy atom. The first kappa shape index (κ1) is 21.7. The molecule has 2 amide bonds. The highest BCUT2D eigenvalue weighted by Crippen LogP contribution is 2.32. The summed E-state index contributed by atoms with van der Waals surface area (Å²) in [4.78, 5) is 31.3. The van der Waals surface area contributed by atoms with Gasteiger partial charge >= 0.3 is 0 Å². The highest BCUT2D eigenvalue weighted by Gasteiger charge is 2.34. The van der Waals surface area contributed by atoms with Crippen molar-refractivity contribution in [3.8, 4) is 11.5 Å². The molecule has 3 rings (SSSR count). The molecule has 30 heavy (non-hydrogen) atoms. The number of thioether (sulfide) groups is 1. The monoisotopic (exact) mass is 427 g/mol. The number of nitrogens with zero attached hydrogens (tertiary/aromatic N) is 2. The number of carbonyl (C=O) groups excluding carboxylic acids is 2. The second-order valence-corrected chi connectivity index (χ2v) is 7.86. The third-order valence-electron chi connectivity index (χ3n) is 4.46. The van der Waals surface area contributed by atoms with Gasteiger partial charge in [0.05, 0.1) is 13.7 Å². The van der Waals surface area contributed by atoms with E-state index in [1.54, 1.807) is 38.4 Å². The van der Waals surface area contributed by atoms with Crippen LogP contribution in [0.4, 0.5) is 11.4 Å².